The second-order valence-electron chi connectivity index (χ2n) is 4.92. The van der Waals surface area contributed by atoms with Gasteiger partial charge in [-0.1, -0.05) is 6.07 Å². The zero-order chi connectivity index (χ0) is 16.4. The summed E-state index contributed by atoms with van der Waals surface area (Å²) in [5.74, 6) is 0.962. The molecule has 0 fully saturated rings. The molecule has 0 saturated carbocycles. The lowest BCUT2D eigenvalue weighted by atomic mass is 10.0. The number of ether oxygens (including phenoxy) is 3. The van der Waals surface area contributed by atoms with Crippen LogP contribution in [0.1, 0.15) is 17.3 Å². The van der Waals surface area contributed by atoms with Crippen LogP contribution in [-0.2, 0) is 4.74 Å². The second-order valence-corrected chi connectivity index (χ2v) is 4.92. The van der Waals surface area contributed by atoms with Gasteiger partial charge in [0.25, 0.3) is 0 Å². The molecule has 1 aliphatic rings. The molecule has 0 unspecified atom stereocenters. The van der Waals surface area contributed by atoms with Crippen molar-refractivity contribution in [2.24, 2.45) is 0 Å². The lowest BCUT2D eigenvalue weighted by Crippen LogP contribution is -2.15. The van der Waals surface area contributed by atoms with Crippen molar-refractivity contribution >= 4 is 17.5 Å². The van der Waals surface area contributed by atoms with Gasteiger partial charge < -0.3 is 25.7 Å². The average Bonchev–Trinajstić information content (AvgIpc) is 2.55. The van der Waals surface area contributed by atoms with Crippen molar-refractivity contribution in [2.75, 3.05) is 31.3 Å². The van der Waals surface area contributed by atoms with Crippen molar-refractivity contribution in [1.29, 1.82) is 0 Å². The molecule has 0 spiro atoms. The minimum absolute atomic E-state index is 0.186. The molecular formula is C16H17N3O4. The van der Waals surface area contributed by atoms with Crippen molar-refractivity contribution < 1.29 is 19.0 Å². The summed E-state index contributed by atoms with van der Waals surface area (Å²) in [6.07, 6.45) is 1.32. The molecule has 3 rings (SSSR count). The molecule has 1 aromatic heterocycles. The van der Waals surface area contributed by atoms with E-state index in [1.807, 2.05) is 0 Å². The van der Waals surface area contributed by atoms with E-state index in [9.17, 15) is 4.79 Å². The molecule has 0 amide bonds. The molecule has 0 saturated heterocycles. The third-order valence-electron chi connectivity index (χ3n) is 3.47. The molecule has 1 aliphatic heterocycles. The monoisotopic (exact) mass is 315 g/mol. The number of nitrogen functional groups attached to an aromatic ring is 2. The summed E-state index contributed by atoms with van der Waals surface area (Å²) in [6, 6.07) is 5.35. The highest BCUT2D eigenvalue weighted by atomic mass is 16.6. The Labute approximate surface area is 133 Å². The average molecular weight is 315 g/mol. The molecule has 4 N–H and O–H groups in total. The number of carbonyl (C=O) groups excluding carboxylic acids is 1. The van der Waals surface area contributed by atoms with Gasteiger partial charge in [0.2, 0.25) is 0 Å². The smallest absolute Gasteiger partial charge is 0.341 e. The van der Waals surface area contributed by atoms with Crippen LogP contribution in [0.15, 0.2) is 24.4 Å². The van der Waals surface area contributed by atoms with E-state index in [1.165, 1.54) is 6.20 Å². The standard InChI is InChI=1S/C16H17N3O4/c1-2-21-16(20)10-8-19-15(18)13(14(10)17)9-3-4-11-12(7-9)23-6-5-22-11/h3-4,7-8H,2,5-6H2,1H3,(H4,17,18,19). The molecule has 7 heteroatoms. The van der Waals surface area contributed by atoms with Gasteiger partial charge in [-0.3, -0.25) is 0 Å². The van der Waals surface area contributed by atoms with Crippen LogP contribution in [0.25, 0.3) is 11.1 Å². The third kappa shape index (κ3) is 2.73. The summed E-state index contributed by atoms with van der Waals surface area (Å²) in [5, 5.41) is 0. The van der Waals surface area contributed by atoms with Crippen molar-refractivity contribution in [2.45, 2.75) is 6.92 Å². The molecule has 2 aromatic rings. The van der Waals surface area contributed by atoms with Gasteiger partial charge >= 0.3 is 5.97 Å². The molecule has 0 radical (unpaired) electrons. The minimum Gasteiger partial charge on any atom is -0.486 e. The summed E-state index contributed by atoms with van der Waals surface area (Å²) in [6.45, 7) is 2.96. The summed E-state index contributed by atoms with van der Waals surface area (Å²) < 4.78 is 16.0. The Morgan fingerprint density at radius 2 is 2.00 bits per heavy atom. The lowest BCUT2D eigenvalue weighted by molar-refractivity contribution is 0.0527. The number of hydrogen-bond acceptors (Lipinski definition) is 7. The summed E-state index contributed by atoms with van der Waals surface area (Å²) in [7, 11) is 0. The normalized spacial score (nSPS) is 12.7. The largest absolute Gasteiger partial charge is 0.486 e. The van der Waals surface area contributed by atoms with Crippen LogP contribution in [0.3, 0.4) is 0 Å². The molecule has 1 aromatic carbocycles. The van der Waals surface area contributed by atoms with Crippen LogP contribution < -0.4 is 20.9 Å². The van der Waals surface area contributed by atoms with Crippen LogP contribution in [0.5, 0.6) is 11.5 Å². The van der Waals surface area contributed by atoms with Crippen LogP contribution in [-0.4, -0.2) is 30.8 Å². The van der Waals surface area contributed by atoms with E-state index in [-0.39, 0.29) is 23.7 Å². The molecule has 7 nitrogen and oxygen atoms in total. The molecule has 0 bridgehead atoms. The zero-order valence-corrected chi connectivity index (χ0v) is 12.7. The fourth-order valence-electron chi connectivity index (χ4n) is 2.41. The van der Waals surface area contributed by atoms with Gasteiger partial charge in [-0.15, -0.1) is 0 Å². The number of fused-ring (bicyclic) bond motifs is 1. The molecule has 0 aliphatic carbocycles. The van der Waals surface area contributed by atoms with E-state index < -0.39 is 5.97 Å². The second kappa shape index (κ2) is 6.04. The van der Waals surface area contributed by atoms with E-state index in [4.69, 9.17) is 25.7 Å². The number of nitrogens with zero attached hydrogens (tertiary/aromatic N) is 1. The topological polar surface area (TPSA) is 110 Å². The number of pyridine rings is 1. The fourth-order valence-corrected chi connectivity index (χ4v) is 2.41. The number of aromatic nitrogens is 1. The highest BCUT2D eigenvalue weighted by Gasteiger charge is 2.20. The number of benzene rings is 1. The van der Waals surface area contributed by atoms with Crippen molar-refractivity contribution in [3.8, 4) is 22.6 Å². The predicted molar refractivity (Wildman–Crippen MR) is 85.4 cm³/mol. The highest BCUT2D eigenvalue weighted by Crippen LogP contribution is 2.39. The Morgan fingerprint density at radius 1 is 1.26 bits per heavy atom. The number of hydrogen-bond donors (Lipinski definition) is 2. The molecule has 0 atom stereocenters. The molecule has 2 heterocycles. The molecular weight excluding hydrogens is 298 g/mol. The third-order valence-corrected chi connectivity index (χ3v) is 3.47. The summed E-state index contributed by atoms with van der Waals surface area (Å²) >= 11 is 0. The predicted octanol–water partition coefficient (Wildman–Crippen LogP) is 1.86. The van der Waals surface area contributed by atoms with Crippen LogP contribution >= 0.6 is 0 Å². The van der Waals surface area contributed by atoms with Gasteiger partial charge in [0.05, 0.1) is 12.3 Å². The van der Waals surface area contributed by atoms with Gasteiger partial charge in [0.15, 0.2) is 11.5 Å². The highest BCUT2D eigenvalue weighted by molar-refractivity contribution is 6.01. The van der Waals surface area contributed by atoms with Gasteiger partial charge in [-0.25, -0.2) is 9.78 Å². The summed E-state index contributed by atoms with van der Waals surface area (Å²) in [4.78, 5) is 16.0. The van der Waals surface area contributed by atoms with Gasteiger partial charge in [0.1, 0.15) is 24.6 Å². The van der Waals surface area contributed by atoms with Gasteiger partial charge in [-0.2, -0.15) is 0 Å². The van der Waals surface area contributed by atoms with Crippen molar-refractivity contribution in [3.63, 3.8) is 0 Å². The first kappa shape index (κ1) is 15.0. The Kier molecular flexibility index (Phi) is 3.92. The SMILES string of the molecule is CCOC(=O)c1cnc(N)c(-c2ccc3c(c2)OCCO3)c1N. The zero-order valence-electron chi connectivity index (χ0n) is 12.7. The van der Waals surface area contributed by atoms with Crippen molar-refractivity contribution in [1.82, 2.24) is 4.98 Å². The van der Waals surface area contributed by atoms with E-state index in [0.717, 1.165) is 0 Å². The first-order chi connectivity index (χ1) is 11.1. The number of anilines is 2. The molecule has 120 valence electrons. The number of nitrogens with two attached hydrogens (primary N) is 2. The number of esters is 1. The van der Waals surface area contributed by atoms with E-state index in [0.29, 0.717) is 35.8 Å². The lowest BCUT2D eigenvalue weighted by Gasteiger charge is -2.19. The number of rotatable bonds is 3. The fraction of sp³-hybridized carbons (Fsp3) is 0.250. The Balaban J connectivity index is 2.08. The van der Waals surface area contributed by atoms with Gasteiger partial charge in [-0.05, 0) is 24.6 Å². The quantitative estimate of drug-likeness (QED) is 0.832. The van der Waals surface area contributed by atoms with Crippen LogP contribution in [0, 0.1) is 0 Å². The van der Waals surface area contributed by atoms with E-state index in [2.05, 4.69) is 4.98 Å². The van der Waals surface area contributed by atoms with Crippen LogP contribution in [0.2, 0.25) is 0 Å². The van der Waals surface area contributed by atoms with Gasteiger partial charge in [0, 0.05) is 11.8 Å². The summed E-state index contributed by atoms with van der Waals surface area (Å²) in [5.41, 5.74) is 13.7. The Morgan fingerprint density at radius 3 is 2.74 bits per heavy atom. The maximum absolute atomic E-state index is 12.0. The van der Waals surface area contributed by atoms with E-state index in [1.54, 1.807) is 25.1 Å². The minimum atomic E-state index is -0.531. The van der Waals surface area contributed by atoms with Crippen LogP contribution in [0.4, 0.5) is 11.5 Å². The Hall–Kier alpha value is -2.96. The molecule has 23 heavy (non-hydrogen) atoms. The maximum Gasteiger partial charge on any atom is 0.341 e. The number of carbonyl (C=O) groups is 1. The first-order valence-electron chi connectivity index (χ1n) is 7.23. The maximum atomic E-state index is 12.0. The first-order valence-corrected chi connectivity index (χ1v) is 7.23. The van der Waals surface area contributed by atoms with Crippen molar-refractivity contribution in [3.05, 3.63) is 30.0 Å². The van der Waals surface area contributed by atoms with E-state index >= 15 is 0 Å². The Bertz CT molecular complexity index is 761.